The third-order valence-corrected chi connectivity index (χ3v) is 6.12. The number of phosphoric ester groups is 1. The third-order valence-electron chi connectivity index (χ3n) is 4.15. The van der Waals surface area contributed by atoms with Gasteiger partial charge in [-0.05, 0) is 72.1 Å². The van der Waals surface area contributed by atoms with Gasteiger partial charge in [0.25, 0.3) is 0 Å². The summed E-state index contributed by atoms with van der Waals surface area (Å²) in [6.07, 6.45) is 2.42. The molecule has 0 aliphatic rings. The van der Waals surface area contributed by atoms with Crippen LogP contribution in [0.5, 0.6) is 0 Å². The first-order valence-electron chi connectivity index (χ1n) is 10.8. The molecule has 1 amide bonds. The summed E-state index contributed by atoms with van der Waals surface area (Å²) in [6, 6.07) is 5.88. The van der Waals surface area contributed by atoms with Crippen molar-refractivity contribution >= 4 is 30.9 Å². The lowest BCUT2D eigenvalue weighted by molar-refractivity contribution is -0.00542. The first-order chi connectivity index (χ1) is 14.8. The topological polar surface area (TPSA) is 101 Å². The maximum Gasteiger partial charge on any atom is 0.477 e. The molecule has 0 saturated carbocycles. The van der Waals surface area contributed by atoms with Crippen molar-refractivity contribution < 1.29 is 27.7 Å². The highest BCUT2D eigenvalue weighted by molar-refractivity contribution is 7.48. The number of nitrogens with zero attached hydrogens (tertiary/aromatic N) is 2. The fraction of sp³-hybridized carbons (Fsp3) is 0.636. The highest BCUT2D eigenvalue weighted by Crippen LogP contribution is 2.55. The number of amides is 1. The van der Waals surface area contributed by atoms with Gasteiger partial charge in [0.1, 0.15) is 6.73 Å². The number of carbonyl (C=O) groups is 1. The molecule has 32 heavy (non-hydrogen) atoms. The second-order valence-corrected chi connectivity index (χ2v) is 11.0. The minimum Gasteiger partial charge on any atom is -0.453 e. The van der Waals surface area contributed by atoms with Gasteiger partial charge < -0.3 is 4.74 Å². The summed E-state index contributed by atoms with van der Waals surface area (Å²) in [5.74, 6) is 0.206. The molecule has 9 nitrogen and oxygen atoms in total. The lowest BCUT2D eigenvalue weighted by Crippen LogP contribution is -2.25. The van der Waals surface area contributed by atoms with E-state index in [1.165, 1.54) is 7.11 Å². The molecular weight excluding hydrogens is 433 g/mol. The highest BCUT2D eigenvalue weighted by Gasteiger charge is 2.37. The SMILES string of the molecule is CCCCc1ccc2c(c1)nc(NC(=O)OC)n2COP(=O)(OC(C)(C)C)OC(C)(C)C. The monoisotopic (exact) mass is 469 g/mol. The first kappa shape index (κ1) is 26.3. The van der Waals surface area contributed by atoms with E-state index in [1.54, 1.807) is 46.1 Å². The molecule has 1 heterocycles. The molecule has 0 bridgehead atoms. The lowest BCUT2D eigenvalue weighted by atomic mass is 10.1. The Morgan fingerprint density at radius 3 is 2.28 bits per heavy atom. The van der Waals surface area contributed by atoms with Gasteiger partial charge in [-0.2, -0.15) is 0 Å². The van der Waals surface area contributed by atoms with Gasteiger partial charge in [-0.15, -0.1) is 0 Å². The van der Waals surface area contributed by atoms with E-state index in [-0.39, 0.29) is 12.7 Å². The van der Waals surface area contributed by atoms with Crippen molar-refractivity contribution in [1.29, 1.82) is 0 Å². The quantitative estimate of drug-likeness (QED) is 0.432. The second kappa shape index (κ2) is 10.3. The smallest absolute Gasteiger partial charge is 0.453 e. The molecule has 0 saturated heterocycles. The number of hydrogen-bond acceptors (Lipinski definition) is 7. The van der Waals surface area contributed by atoms with Crippen molar-refractivity contribution in [3.8, 4) is 0 Å². The molecular formula is C22H36N3O6P. The van der Waals surface area contributed by atoms with E-state index in [9.17, 15) is 9.36 Å². The zero-order valence-corrected chi connectivity index (χ0v) is 21.2. The number of imidazole rings is 1. The Morgan fingerprint density at radius 2 is 1.75 bits per heavy atom. The Hall–Kier alpha value is -1.93. The number of anilines is 1. The molecule has 0 aliphatic carbocycles. The molecule has 1 aromatic heterocycles. The molecule has 0 aliphatic heterocycles. The number of aromatic nitrogens is 2. The van der Waals surface area contributed by atoms with Gasteiger partial charge in [-0.1, -0.05) is 19.4 Å². The Bertz CT molecular complexity index is 954. The largest absolute Gasteiger partial charge is 0.477 e. The second-order valence-electron chi connectivity index (χ2n) is 9.52. The summed E-state index contributed by atoms with van der Waals surface area (Å²) < 4.78 is 36.8. The van der Waals surface area contributed by atoms with Crippen LogP contribution in [0.2, 0.25) is 0 Å². The van der Waals surface area contributed by atoms with Gasteiger partial charge in [-0.3, -0.25) is 23.5 Å². The van der Waals surface area contributed by atoms with Crippen molar-refractivity contribution in [3.63, 3.8) is 0 Å². The predicted octanol–water partition coefficient (Wildman–Crippen LogP) is 6.27. The van der Waals surface area contributed by atoms with Crippen LogP contribution in [-0.2, 0) is 36.0 Å². The summed E-state index contributed by atoms with van der Waals surface area (Å²) >= 11 is 0. The number of nitrogens with one attached hydrogen (secondary N) is 1. The first-order valence-corrected chi connectivity index (χ1v) is 12.2. The van der Waals surface area contributed by atoms with Crippen LogP contribution in [0.1, 0.15) is 66.9 Å². The van der Waals surface area contributed by atoms with Gasteiger partial charge in [0.15, 0.2) is 0 Å². The van der Waals surface area contributed by atoms with E-state index in [0.29, 0.717) is 11.0 Å². The zero-order chi connectivity index (χ0) is 24.2. The molecule has 1 aromatic carbocycles. The minimum absolute atomic E-state index is 0.206. The van der Waals surface area contributed by atoms with Crippen molar-refractivity contribution in [2.75, 3.05) is 12.4 Å². The summed E-state index contributed by atoms with van der Waals surface area (Å²) in [6.45, 7) is 12.5. The van der Waals surface area contributed by atoms with Gasteiger partial charge in [0.05, 0.1) is 29.3 Å². The van der Waals surface area contributed by atoms with Gasteiger partial charge >= 0.3 is 13.9 Å². The molecule has 0 unspecified atom stereocenters. The summed E-state index contributed by atoms with van der Waals surface area (Å²) in [5.41, 5.74) is 0.997. The number of methoxy groups -OCH3 is 1. The van der Waals surface area contributed by atoms with Crippen molar-refractivity contribution in [2.24, 2.45) is 0 Å². The molecule has 0 spiro atoms. The number of aryl methyl sites for hydroxylation is 1. The van der Waals surface area contributed by atoms with Crippen LogP contribution in [0, 0.1) is 0 Å². The van der Waals surface area contributed by atoms with Crippen LogP contribution in [0.15, 0.2) is 18.2 Å². The number of ether oxygens (including phenoxy) is 1. The predicted molar refractivity (Wildman–Crippen MR) is 125 cm³/mol. The van der Waals surface area contributed by atoms with Gasteiger partial charge in [-0.25, -0.2) is 14.3 Å². The van der Waals surface area contributed by atoms with E-state index in [0.717, 1.165) is 24.8 Å². The van der Waals surface area contributed by atoms with Gasteiger partial charge in [0.2, 0.25) is 5.95 Å². The van der Waals surface area contributed by atoms with Gasteiger partial charge in [0, 0.05) is 0 Å². The number of unbranched alkanes of at least 4 members (excludes halogenated alkanes) is 1. The van der Waals surface area contributed by atoms with Crippen LogP contribution < -0.4 is 5.32 Å². The van der Waals surface area contributed by atoms with Crippen LogP contribution >= 0.6 is 7.82 Å². The minimum atomic E-state index is -3.96. The molecule has 0 fully saturated rings. The van der Waals surface area contributed by atoms with E-state index in [2.05, 4.69) is 17.2 Å². The summed E-state index contributed by atoms with van der Waals surface area (Å²) in [7, 11) is -2.69. The fourth-order valence-corrected chi connectivity index (χ4v) is 4.69. The van der Waals surface area contributed by atoms with Crippen molar-refractivity contribution in [1.82, 2.24) is 9.55 Å². The molecule has 2 rings (SSSR count). The number of phosphoric acid groups is 1. The Kier molecular flexibility index (Phi) is 8.50. The molecule has 180 valence electrons. The Morgan fingerprint density at radius 1 is 1.12 bits per heavy atom. The van der Waals surface area contributed by atoms with Crippen LogP contribution in [-0.4, -0.2) is 34.0 Å². The number of fused-ring (bicyclic) bond motifs is 1. The molecule has 1 N–H and O–H groups in total. The van der Waals surface area contributed by atoms with Crippen molar-refractivity contribution in [2.45, 2.75) is 85.7 Å². The fourth-order valence-electron chi connectivity index (χ4n) is 2.95. The average molecular weight is 470 g/mol. The number of hydrogen-bond donors (Lipinski definition) is 1. The van der Waals surface area contributed by atoms with E-state index >= 15 is 0 Å². The summed E-state index contributed by atoms with van der Waals surface area (Å²) in [5, 5.41) is 2.58. The molecule has 10 heteroatoms. The average Bonchev–Trinajstić information content (AvgIpc) is 2.97. The number of benzene rings is 1. The number of rotatable bonds is 9. The van der Waals surface area contributed by atoms with Crippen LogP contribution in [0.4, 0.5) is 10.7 Å². The number of carbonyl (C=O) groups excluding carboxylic acids is 1. The molecule has 0 radical (unpaired) electrons. The maximum absolute atomic E-state index is 13.4. The van der Waals surface area contributed by atoms with E-state index < -0.39 is 25.1 Å². The van der Waals surface area contributed by atoms with Crippen LogP contribution in [0.3, 0.4) is 0 Å². The maximum atomic E-state index is 13.4. The summed E-state index contributed by atoms with van der Waals surface area (Å²) in [4.78, 5) is 16.4. The Labute approximate surface area is 190 Å². The Balaban J connectivity index is 2.41. The standard InChI is InChI=1S/C22H36N3O6P/c1-9-10-11-16-12-13-18-17(14-16)23-19(24-20(26)28-8)25(18)15-29-32(27,30-21(2,3)4)31-22(5,6)7/h12-14H,9-11,15H2,1-8H3,(H,23,24,26). The van der Waals surface area contributed by atoms with E-state index in [4.69, 9.17) is 18.3 Å². The highest BCUT2D eigenvalue weighted by atomic mass is 31.2. The van der Waals surface area contributed by atoms with Crippen LogP contribution in [0.25, 0.3) is 11.0 Å². The lowest BCUT2D eigenvalue weighted by Gasteiger charge is -2.31. The normalized spacial score (nSPS) is 12.9. The third kappa shape index (κ3) is 7.89. The van der Waals surface area contributed by atoms with E-state index in [1.807, 2.05) is 18.2 Å². The zero-order valence-electron chi connectivity index (χ0n) is 20.4. The van der Waals surface area contributed by atoms with Crippen molar-refractivity contribution in [3.05, 3.63) is 23.8 Å². The molecule has 2 aromatic rings. The molecule has 0 atom stereocenters.